The number of hydrogen-bond acceptors (Lipinski definition) is 4. The van der Waals surface area contributed by atoms with Gasteiger partial charge in [-0.1, -0.05) is 33.6 Å². The number of hydrogen-bond donors (Lipinski definition) is 3. The fourth-order valence-electron chi connectivity index (χ4n) is 7.04. The van der Waals surface area contributed by atoms with Gasteiger partial charge in [-0.15, -0.1) is 0 Å². The van der Waals surface area contributed by atoms with E-state index in [9.17, 15) is 14.7 Å². The number of rotatable bonds is 5. The third-order valence-electron chi connectivity index (χ3n) is 9.24. The number of fused-ring (bicyclic) bond motifs is 1. The van der Waals surface area contributed by atoms with Crippen molar-refractivity contribution in [3.8, 4) is 6.07 Å². The number of nitriles is 1. The fraction of sp³-hybridized carbons (Fsp3) is 0.679. The highest BCUT2D eigenvalue weighted by Crippen LogP contribution is 2.55. The average molecular weight is 466 g/mol. The van der Waals surface area contributed by atoms with Gasteiger partial charge in [0.1, 0.15) is 0 Å². The first kappa shape index (κ1) is 24.7. The van der Waals surface area contributed by atoms with Crippen LogP contribution in [0.2, 0.25) is 0 Å². The highest BCUT2D eigenvalue weighted by molar-refractivity contribution is 5.94. The van der Waals surface area contributed by atoms with Crippen LogP contribution in [-0.2, 0) is 4.79 Å². The normalized spacial score (nSPS) is 34.5. The van der Waals surface area contributed by atoms with Crippen molar-refractivity contribution in [3.05, 3.63) is 35.4 Å². The maximum Gasteiger partial charge on any atom is 0.251 e. The fourth-order valence-corrected chi connectivity index (χ4v) is 7.04. The molecule has 2 amide bonds. The van der Waals surface area contributed by atoms with E-state index in [2.05, 4.69) is 30.6 Å². The standard InChI is InChI=1S/C28H39N3O3/c1-17(26(33)30-21-6-4-5-7-21)22-12-14-28(3)15-13-23(18(2)24(28)25(22)32)31-27(34)20-10-8-19(16-29)9-11-20/h8-11,17-18,21-25,32H,4-7,12-15H2,1-3H3,(H,30,33)(H,31,34)/t17-,18-,22+,23-,24+,25-,28+/m0/s1. The van der Waals surface area contributed by atoms with Gasteiger partial charge in [-0.25, -0.2) is 0 Å². The molecule has 0 saturated heterocycles. The van der Waals surface area contributed by atoms with Crippen molar-refractivity contribution < 1.29 is 14.7 Å². The molecule has 3 N–H and O–H groups in total. The number of benzene rings is 1. The van der Waals surface area contributed by atoms with E-state index >= 15 is 0 Å². The maximum atomic E-state index is 13.0. The summed E-state index contributed by atoms with van der Waals surface area (Å²) in [5.74, 6) is -0.211. The van der Waals surface area contributed by atoms with Crippen molar-refractivity contribution in [2.75, 3.05) is 0 Å². The highest BCUT2D eigenvalue weighted by atomic mass is 16.3. The van der Waals surface area contributed by atoms with Gasteiger partial charge in [-0.05, 0) is 86.0 Å². The Bertz CT molecular complexity index is 933. The monoisotopic (exact) mass is 465 g/mol. The minimum absolute atomic E-state index is 0.0205. The van der Waals surface area contributed by atoms with E-state index < -0.39 is 6.10 Å². The Balaban J connectivity index is 1.44. The van der Waals surface area contributed by atoms with Crippen LogP contribution in [0.3, 0.4) is 0 Å². The molecule has 0 spiro atoms. The first-order valence-corrected chi connectivity index (χ1v) is 13.0. The van der Waals surface area contributed by atoms with Gasteiger partial charge in [-0.3, -0.25) is 9.59 Å². The summed E-state index contributed by atoms with van der Waals surface area (Å²) in [7, 11) is 0. The second-order valence-electron chi connectivity index (χ2n) is 11.3. The van der Waals surface area contributed by atoms with Crippen LogP contribution >= 0.6 is 0 Å². The van der Waals surface area contributed by atoms with E-state index in [1.807, 2.05) is 6.92 Å². The van der Waals surface area contributed by atoms with Gasteiger partial charge in [0.05, 0.1) is 17.7 Å². The molecule has 3 fully saturated rings. The zero-order chi connectivity index (χ0) is 24.5. The largest absolute Gasteiger partial charge is 0.392 e. The van der Waals surface area contributed by atoms with Crippen LogP contribution in [0.15, 0.2) is 24.3 Å². The molecular formula is C28H39N3O3. The average Bonchev–Trinajstić information content (AvgIpc) is 3.33. The maximum absolute atomic E-state index is 13.0. The number of nitrogens with zero attached hydrogens (tertiary/aromatic N) is 1. The number of aliphatic hydroxyl groups excluding tert-OH is 1. The van der Waals surface area contributed by atoms with E-state index in [0.717, 1.165) is 38.5 Å². The number of carbonyl (C=O) groups is 2. The van der Waals surface area contributed by atoms with Crippen LogP contribution < -0.4 is 10.6 Å². The topological polar surface area (TPSA) is 102 Å². The molecule has 1 aromatic rings. The van der Waals surface area contributed by atoms with Crippen LogP contribution in [0.5, 0.6) is 0 Å². The molecule has 0 radical (unpaired) electrons. The lowest BCUT2D eigenvalue weighted by atomic mass is 9.51. The highest BCUT2D eigenvalue weighted by Gasteiger charge is 2.54. The summed E-state index contributed by atoms with van der Waals surface area (Å²) >= 11 is 0. The van der Waals surface area contributed by atoms with Gasteiger partial charge >= 0.3 is 0 Å². The van der Waals surface area contributed by atoms with E-state index in [0.29, 0.717) is 11.1 Å². The van der Waals surface area contributed by atoms with Crippen LogP contribution in [0.25, 0.3) is 0 Å². The van der Waals surface area contributed by atoms with E-state index in [4.69, 9.17) is 5.26 Å². The summed E-state index contributed by atoms with van der Waals surface area (Å²) in [6.45, 7) is 6.38. The molecule has 0 aliphatic heterocycles. The molecule has 1 aromatic carbocycles. The zero-order valence-electron chi connectivity index (χ0n) is 20.7. The Hall–Kier alpha value is -2.39. The SMILES string of the molecule is C[C@@H]1[C@@H]2[C@@H](O)[C@@H]([C@H](C)C(=O)NC3CCCC3)CC[C@]2(C)CC[C@@H]1NC(=O)c1ccc(C#N)cc1. The predicted octanol–water partition coefficient (Wildman–Crippen LogP) is 4.17. The minimum atomic E-state index is -0.562. The third-order valence-corrected chi connectivity index (χ3v) is 9.24. The van der Waals surface area contributed by atoms with Crippen molar-refractivity contribution in [1.29, 1.82) is 5.26 Å². The number of amides is 2. The summed E-state index contributed by atoms with van der Waals surface area (Å²) in [5, 5.41) is 27.0. The van der Waals surface area contributed by atoms with E-state index in [1.165, 1.54) is 12.8 Å². The summed E-state index contributed by atoms with van der Waals surface area (Å²) < 4.78 is 0. The van der Waals surface area contributed by atoms with Gasteiger partial charge in [0, 0.05) is 23.6 Å². The number of aliphatic hydroxyl groups is 1. The van der Waals surface area contributed by atoms with Crippen molar-refractivity contribution in [2.45, 2.75) is 90.3 Å². The molecule has 0 unspecified atom stereocenters. The second-order valence-corrected chi connectivity index (χ2v) is 11.3. The molecule has 3 aliphatic rings. The quantitative estimate of drug-likeness (QED) is 0.607. The predicted molar refractivity (Wildman–Crippen MR) is 131 cm³/mol. The minimum Gasteiger partial charge on any atom is -0.392 e. The Morgan fingerprint density at radius 1 is 1.09 bits per heavy atom. The molecule has 4 rings (SSSR count). The van der Waals surface area contributed by atoms with Crippen molar-refractivity contribution in [2.24, 2.45) is 29.1 Å². The summed E-state index contributed by atoms with van der Waals surface area (Å²) in [4.78, 5) is 25.9. The lowest BCUT2D eigenvalue weighted by Gasteiger charge is -2.56. The molecule has 0 bridgehead atoms. The van der Waals surface area contributed by atoms with Crippen LogP contribution in [-0.4, -0.2) is 35.1 Å². The van der Waals surface area contributed by atoms with Crippen molar-refractivity contribution in [1.82, 2.24) is 10.6 Å². The van der Waals surface area contributed by atoms with Crippen molar-refractivity contribution in [3.63, 3.8) is 0 Å². The molecule has 6 nitrogen and oxygen atoms in total. The Morgan fingerprint density at radius 2 is 1.74 bits per heavy atom. The lowest BCUT2D eigenvalue weighted by molar-refractivity contribution is -0.142. The van der Waals surface area contributed by atoms with Crippen LogP contribution in [0.1, 0.15) is 88.1 Å². The van der Waals surface area contributed by atoms with Gasteiger partial charge in [-0.2, -0.15) is 5.26 Å². The van der Waals surface area contributed by atoms with Crippen molar-refractivity contribution >= 4 is 11.8 Å². The van der Waals surface area contributed by atoms with Gasteiger partial charge < -0.3 is 15.7 Å². The molecule has 3 saturated carbocycles. The van der Waals surface area contributed by atoms with Gasteiger partial charge in [0.15, 0.2) is 0 Å². The van der Waals surface area contributed by atoms with Crippen LogP contribution in [0.4, 0.5) is 0 Å². The number of nitrogens with one attached hydrogen (secondary N) is 2. The molecular weight excluding hydrogens is 426 g/mol. The Kier molecular flexibility index (Phi) is 7.33. The van der Waals surface area contributed by atoms with Gasteiger partial charge in [0.25, 0.3) is 5.91 Å². The molecule has 184 valence electrons. The number of carbonyl (C=O) groups excluding carboxylic acids is 2. The molecule has 6 heteroatoms. The smallest absolute Gasteiger partial charge is 0.251 e. The molecule has 7 atom stereocenters. The first-order valence-electron chi connectivity index (χ1n) is 13.0. The van der Waals surface area contributed by atoms with E-state index in [1.54, 1.807) is 24.3 Å². The second kappa shape index (κ2) is 10.1. The summed E-state index contributed by atoms with van der Waals surface area (Å²) in [6.07, 6.45) is 7.61. The zero-order valence-corrected chi connectivity index (χ0v) is 20.7. The van der Waals surface area contributed by atoms with Crippen LogP contribution in [0, 0.1) is 40.4 Å². The Morgan fingerprint density at radius 3 is 2.38 bits per heavy atom. The lowest BCUT2D eigenvalue weighted by Crippen LogP contribution is -2.58. The third kappa shape index (κ3) is 4.86. The van der Waals surface area contributed by atoms with Gasteiger partial charge in [0.2, 0.25) is 5.91 Å². The molecule has 3 aliphatic carbocycles. The summed E-state index contributed by atoms with van der Waals surface area (Å²) in [5.41, 5.74) is 1.09. The molecule has 0 heterocycles. The molecule has 0 aromatic heterocycles. The Labute approximate surface area is 203 Å². The van der Waals surface area contributed by atoms with E-state index in [-0.39, 0.29) is 53.0 Å². The summed E-state index contributed by atoms with van der Waals surface area (Å²) in [6, 6.07) is 9.01. The molecule has 34 heavy (non-hydrogen) atoms. The first-order chi connectivity index (χ1) is 16.2.